The zero-order valence-corrected chi connectivity index (χ0v) is 9.82. The Hall–Kier alpha value is -0.820. The van der Waals surface area contributed by atoms with Gasteiger partial charge in [0.15, 0.2) is 0 Å². The van der Waals surface area contributed by atoms with Gasteiger partial charge in [0.05, 0.1) is 0 Å². The maximum atomic E-state index is 2.64. The third-order valence-electron chi connectivity index (χ3n) is 3.44. The molecule has 1 heterocycles. The van der Waals surface area contributed by atoms with E-state index in [4.69, 9.17) is 0 Å². The molecule has 0 saturated carbocycles. The van der Waals surface area contributed by atoms with Crippen LogP contribution in [-0.2, 0) is 6.54 Å². The molecule has 2 rings (SSSR count). The van der Waals surface area contributed by atoms with Gasteiger partial charge in [-0.05, 0) is 24.3 Å². The SMILES string of the molecule is CC[C@@H]1C[C@H](C)CN1Cc1ccccc1. The van der Waals surface area contributed by atoms with Crippen molar-refractivity contribution in [1.29, 1.82) is 0 Å². The highest BCUT2D eigenvalue weighted by Crippen LogP contribution is 2.26. The molecule has 0 amide bonds. The Bertz CT molecular complexity index is 293. The van der Waals surface area contributed by atoms with E-state index in [1.54, 1.807) is 0 Å². The van der Waals surface area contributed by atoms with Crippen molar-refractivity contribution < 1.29 is 0 Å². The summed E-state index contributed by atoms with van der Waals surface area (Å²) in [6.45, 7) is 7.07. The van der Waals surface area contributed by atoms with Crippen molar-refractivity contribution in [2.24, 2.45) is 5.92 Å². The first-order valence-electron chi connectivity index (χ1n) is 6.07. The van der Waals surface area contributed by atoms with Gasteiger partial charge in [0.2, 0.25) is 0 Å². The third-order valence-corrected chi connectivity index (χ3v) is 3.44. The maximum Gasteiger partial charge on any atom is 0.0236 e. The summed E-state index contributed by atoms with van der Waals surface area (Å²) in [5.41, 5.74) is 1.45. The molecule has 1 saturated heterocycles. The summed E-state index contributed by atoms with van der Waals surface area (Å²) in [7, 11) is 0. The Kier molecular flexibility index (Phi) is 3.42. The number of benzene rings is 1. The lowest BCUT2D eigenvalue weighted by Crippen LogP contribution is -2.28. The highest BCUT2D eigenvalue weighted by molar-refractivity contribution is 5.14. The van der Waals surface area contributed by atoms with E-state index >= 15 is 0 Å². The second-order valence-electron chi connectivity index (χ2n) is 4.82. The molecule has 1 fully saturated rings. The molecular weight excluding hydrogens is 182 g/mol. The second-order valence-corrected chi connectivity index (χ2v) is 4.82. The van der Waals surface area contributed by atoms with Gasteiger partial charge in [-0.25, -0.2) is 0 Å². The van der Waals surface area contributed by atoms with Gasteiger partial charge >= 0.3 is 0 Å². The van der Waals surface area contributed by atoms with E-state index in [1.165, 1.54) is 24.9 Å². The van der Waals surface area contributed by atoms with E-state index in [0.29, 0.717) is 0 Å². The first-order valence-corrected chi connectivity index (χ1v) is 6.07. The van der Waals surface area contributed by atoms with Crippen LogP contribution in [0.15, 0.2) is 30.3 Å². The van der Waals surface area contributed by atoms with Crippen molar-refractivity contribution in [1.82, 2.24) is 4.90 Å². The number of rotatable bonds is 3. The van der Waals surface area contributed by atoms with Crippen LogP contribution in [0.4, 0.5) is 0 Å². The van der Waals surface area contributed by atoms with Crippen LogP contribution in [0.25, 0.3) is 0 Å². The summed E-state index contributed by atoms with van der Waals surface area (Å²) in [5, 5.41) is 0. The predicted octanol–water partition coefficient (Wildman–Crippen LogP) is 3.31. The minimum Gasteiger partial charge on any atom is -0.296 e. The molecule has 2 atom stereocenters. The normalized spacial score (nSPS) is 27.1. The maximum absolute atomic E-state index is 2.64. The Morgan fingerprint density at radius 1 is 1.27 bits per heavy atom. The minimum absolute atomic E-state index is 0.806. The number of likely N-dealkylation sites (tertiary alicyclic amines) is 1. The van der Waals surface area contributed by atoms with Crippen molar-refractivity contribution in [3.05, 3.63) is 35.9 Å². The molecule has 0 spiro atoms. The van der Waals surface area contributed by atoms with Gasteiger partial charge in [-0.2, -0.15) is 0 Å². The van der Waals surface area contributed by atoms with E-state index < -0.39 is 0 Å². The van der Waals surface area contributed by atoms with E-state index in [0.717, 1.165) is 18.5 Å². The van der Waals surface area contributed by atoms with Crippen LogP contribution < -0.4 is 0 Å². The highest BCUT2D eigenvalue weighted by Gasteiger charge is 2.27. The fourth-order valence-corrected chi connectivity index (χ4v) is 2.67. The second kappa shape index (κ2) is 4.80. The topological polar surface area (TPSA) is 3.24 Å². The van der Waals surface area contributed by atoms with Crippen LogP contribution >= 0.6 is 0 Å². The largest absolute Gasteiger partial charge is 0.296 e. The molecule has 0 bridgehead atoms. The van der Waals surface area contributed by atoms with Crippen LogP contribution in [0.2, 0.25) is 0 Å². The van der Waals surface area contributed by atoms with Crippen molar-refractivity contribution in [3.63, 3.8) is 0 Å². The number of hydrogen-bond donors (Lipinski definition) is 0. The van der Waals surface area contributed by atoms with Crippen molar-refractivity contribution in [3.8, 4) is 0 Å². The van der Waals surface area contributed by atoms with Crippen molar-refractivity contribution >= 4 is 0 Å². The monoisotopic (exact) mass is 203 g/mol. The first kappa shape index (κ1) is 10.7. The van der Waals surface area contributed by atoms with Crippen LogP contribution in [0.1, 0.15) is 32.3 Å². The van der Waals surface area contributed by atoms with Gasteiger partial charge in [0, 0.05) is 19.1 Å². The standard InChI is InChI=1S/C14H21N/c1-3-14-9-12(2)10-15(14)11-13-7-5-4-6-8-13/h4-8,12,14H,3,9-11H2,1-2H3/t12-,14+/m0/s1. The zero-order chi connectivity index (χ0) is 10.7. The smallest absolute Gasteiger partial charge is 0.0236 e. The fraction of sp³-hybridized carbons (Fsp3) is 0.571. The van der Waals surface area contributed by atoms with E-state index in [9.17, 15) is 0 Å². The summed E-state index contributed by atoms with van der Waals surface area (Å²) < 4.78 is 0. The number of hydrogen-bond acceptors (Lipinski definition) is 1. The van der Waals surface area contributed by atoms with E-state index in [2.05, 4.69) is 49.1 Å². The Morgan fingerprint density at radius 3 is 2.67 bits per heavy atom. The van der Waals surface area contributed by atoms with Gasteiger partial charge in [0.25, 0.3) is 0 Å². The molecule has 1 aromatic rings. The van der Waals surface area contributed by atoms with Gasteiger partial charge in [-0.3, -0.25) is 4.90 Å². The average molecular weight is 203 g/mol. The predicted molar refractivity (Wildman–Crippen MR) is 64.7 cm³/mol. The lowest BCUT2D eigenvalue weighted by Gasteiger charge is -2.23. The summed E-state index contributed by atoms with van der Waals surface area (Å²) in [6, 6.07) is 11.6. The fourth-order valence-electron chi connectivity index (χ4n) is 2.67. The molecule has 1 heteroatoms. The zero-order valence-electron chi connectivity index (χ0n) is 9.82. The molecule has 1 aliphatic rings. The molecule has 0 aromatic heterocycles. The van der Waals surface area contributed by atoms with Gasteiger partial charge in [0.1, 0.15) is 0 Å². The summed E-state index contributed by atoms with van der Waals surface area (Å²) >= 11 is 0. The molecular formula is C14H21N. The molecule has 0 radical (unpaired) electrons. The molecule has 82 valence electrons. The van der Waals surface area contributed by atoms with Gasteiger partial charge < -0.3 is 0 Å². The van der Waals surface area contributed by atoms with Crippen molar-refractivity contribution in [2.75, 3.05) is 6.54 Å². The molecule has 1 aromatic carbocycles. The minimum atomic E-state index is 0.806. The summed E-state index contributed by atoms with van der Waals surface area (Å²) in [4.78, 5) is 2.64. The molecule has 1 nitrogen and oxygen atoms in total. The van der Waals surface area contributed by atoms with Gasteiger partial charge in [-0.15, -0.1) is 0 Å². The quantitative estimate of drug-likeness (QED) is 0.728. The molecule has 0 N–H and O–H groups in total. The van der Waals surface area contributed by atoms with Crippen LogP contribution in [0.5, 0.6) is 0 Å². The summed E-state index contributed by atoms with van der Waals surface area (Å²) in [6.07, 6.45) is 2.67. The lowest BCUT2D eigenvalue weighted by atomic mass is 10.1. The lowest BCUT2D eigenvalue weighted by molar-refractivity contribution is 0.237. The molecule has 0 unspecified atom stereocenters. The average Bonchev–Trinajstić information content (AvgIpc) is 2.60. The van der Waals surface area contributed by atoms with E-state index in [1.807, 2.05) is 0 Å². The van der Waals surface area contributed by atoms with Crippen molar-refractivity contribution in [2.45, 2.75) is 39.3 Å². The van der Waals surface area contributed by atoms with Crippen LogP contribution in [0, 0.1) is 5.92 Å². The number of nitrogens with zero attached hydrogens (tertiary/aromatic N) is 1. The highest BCUT2D eigenvalue weighted by atomic mass is 15.2. The Balaban J connectivity index is 2.00. The Morgan fingerprint density at radius 2 is 2.00 bits per heavy atom. The van der Waals surface area contributed by atoms with Crippen LogP contribution in [0.3, 0.4) is 0 Å². The van der Waals surface area contributed by atoms with E-state index in [-0.39, 0.29) is 0 Å². The summed E-state index contributed by atoms with van der Waals surface area (Å²) in [5.74, 6) is 0.874. The van der Waals surface area contributed by atoms with Gasteiger partial charge in [-0.1, -0.05) is 44.2 Å². The molecule has 15 heavy (non-hydrogen) atoms. The third kappa shape index (κ3) is 2.60. The molecule has 0 aliphatic carbocycles. The Labute approximate surface area is 93.1 Å². The first-order chi connectivity index (χ1) is 7.29. The van der Waals surface area contributed by atoms with Crippen LogP contribution in [-0.4, -0.2) is 17.5 Å². The molecule has 1 aliphatic heterocycles.